The summed E-state index contributed by atoms with van der Waals surface area (Å²) in [6, 6.07) is 18.5. The van der Waals surface area contributed by atoms with Gasteiger partial charge in [0.05, 0.1) is 16.0 Å². The summed E-state index contributed by atoms with van der Waals surface area (Å²) in [6.07, 6.45) is 1.16. The molecular formula is C25H22N6O4. The molecule has 5 rings (SSSR count). The molecule has 0 radical (unpaired) electrons. The highest BCUT2D eigenvalue weighted by molar-refractivity contribution is 5.95. The van der Waals surface area contributed by atoms with Gasteiger partial charge in [-0.3, -0.25) is 19.7 Å². The average molecular weight is 470 g/mol. The van der Waals surface area contributed by atoms with E-state index < -0.39 is 4.92 Å². The summed E-state index contributed by atoms with van der Waals surface area (Å²) in [5.74, 6) is 0.0634. The van der Waals surface area contributed by atoms with Crippen LogP contribution in [0.25, 0.3) is 22.6 Å². The van der Waals surface area contributed by atoms with E-state index in [0.717, 1.165) is 11.0 Å². The zero-order valence-corrected chi connectivity index (χ0v) is 18.7. The van der Waals surface area contributed by atoms with Crippen LogP contribution in [0.5, 0.6) is 0 Å². The molecule has 2 aromatic heterocycles. The lowest BCUT2D eigenvalue weighted by molar-refractivity contribution is -0.384. The fourth-order valence-electron chi connectivity index (χ4n) is 4.18. The van der Waals surface area contributed by atoms with Crippen molar-refractivity contribution < 1.29 is 14.5 Å². The number of aromatic amines is 1. The van der Waals surface area contributed by atoms with Gasteiger partial charge >= 0.3 is 0 Å². The van der Waals surface area contributed by atoms with E-state index >= 15 is 0 Å². The molecule has 4 aromatic rings. The van der Waals surface area contributed by atoms with E-state index in [1.54, 1.807) is 23.1 Å². The molecule has 2 amide bonds. The number of para-hydroxylation sites is 2. The summed E-state index contributed by atoms with van der Waals surface area (Å²) in [6.45, 7) is 0.935. The number of carbonyl (C=O) groups excluding carboxylic acids is 2. The van der Waals surface area contributed by atoms with Gasteiger partial charge in [-0.25, -0.2) is 9.97 Å². The number of rotatable bonds is 5. The number of amides is 2. The van der Waals surface area contributed by atoms with E-state index in [2.05, 4.69) is 20.3 Å². The number of benzene rings is 2. The third-order valence-corrected chi connectivity index (χ3v) is 6.04. The maximum Gasteiger partial charge on any atom is 0.272 e. The molecule has 0 bridgehead atoms. The molecule has 1 aliphatic rings. The number of piperidine rings is 1. The Kier molecular flexibility index (Phi) is 5.92. The van der Waals surface area contributed by atoms with Crippen LogP contribution in [0.3, 0.4) is 0 Å². The van der Waals surface area contributed by atoms with Crippen LogP contribution >= 0.6 is 0 Å². The fourth-order valence-corrected chi connectivity index (χ4v) is 4.18. The number of H-pyrrole nitrogens is 1. The summed E-state index contributed by atoms with van der Waals surface area (Å²) in [5, 5.41) is 13.9. The van der Waals surface area contributed by atoms with Crippen LogP contribution < -0.4 is 5.32 Å². The van der Waals surface area contributed by atoms with E-state index in [9.17, 15) is 19.7 Å². The lowest BCUT2D eigenvalue weighted by Crippen LogP contribution is -2.46. The Balaban J connectivity index is 1.22. The number of likely N-dealkylation sites (tertiary alicyclic amines) is 1. The summed E-state index contributed by atoms with van der Waals surface area (Å²) in [4.78, 5) is 50.1. The van der Waals surface area contributed by atoms with Gasteiger partial charge < -0.3 is 15.2 Å². The number of hydrogen-bond acceptors (Lipinski definition) is 6. The molecule has 176 valence electrons. The molecular weight excluding hydrogens is 448 g/mol. The highest BCUT2D eigenvalue weighted by Crippen LogP contribution is 2.20. The number of nitrogens with zero attached hydrogens (tertiary/aromatic N) is 4. The van der Waals surface area contributed by atoms with Crippen molar-refractivity contribution in [2.75, 3.05) is 13.1 Å². The Bertz CT molecular complexity index is 1390. The first-order valence-electron chi connectivity index (χ1n) is 11.2. The van der Waals surface area contributed by atoms with E-state index in [1.165, 1.54) is 18.2 Å². The van der Waals surface area contributed by atoms with Gasteiger partial charge in [0, 0.05) is 36.8 Å². The Morgan fingerprint density at radius 1 is 1.00 bits per heavy atom. The van der Waals surface area contributed by atoms with Crippen LogP contribution in [0.4, 0.5) is 5.69 Å². The van der Waals surface area contributed by atoms with Crippen LogP contribution in [0.2, 0.25) is 0 Å². The number of nitrogens with one attached hydrogen (secondary N) is 2. The minimum Gasteiger partial charge on any atom is -0.349 e. The zero-order valence-electron chi connectivity index (χ0n) is 18.7. The summed E-state index contributed by atoms with van der Waals surface area (Å²) in [5.41, 5.74) is 2.76. The molecule has 3 heterocycles. The van der Waals surface area contributed by atoms with Gasteiger partial charge in [-0.05, 0) is 43.2 Å². The summed E-state index contributed by atoms with van der Waals surface area (Å²) >= 11 is 0. The number of nitro groups is 1. The van der Waals surface area contributed by atoms with Crippen LogP contribution in [0.15, 0.2) is 66.7 Å². The quantitative estimate of drug-likeness (QED) is 0.338. The molecule has 35 heavy (non-hydrogen) atoms. The third kappa shape index (κ3) is 4.72. The molecule has 0 saturated carbocycles. The van der Waals surface area contributed by atoms with E-state index in [0.29, 0.717) is 43.1 Å². The monoisotopic (exact) mass is 470 g/mol. The number of nitro benzene ring substituents is 1. The van der Waals surface area contributed by atoms with Crippen LogP contribution in [-0.4, -0.2) is 55.7 Å². The van der Waals surface area contributed by atoms with E-state index in [-0.39, 0.29) is 29.1 Å². The second-order valence-electron chi connectivity index (χ2n) is 8.36. The molecule has 10 heteroatoms. The number of pyridine rings is 1. The molecule has 0 unspecified atom stereocenters. The normalized spacial score (nSPS) is 14.1. The van der Waals surface area contributed by atoms with Crippen molar-refractivity contribution >= 4 is 28.5 Å². The first-order chi connectivity index (χ1) is 17.0. The van der Waals surface area contributed by atoms with Gasteiger partial charge in [0.1, 0.15) is 11.4 Å². The number of imidazole rings is 1. The number of hydrogen-bond donors (Lipinski definition) is 2. The van der Waals surface area contributed by atoms with Gasteiger partial charge in [0.15, 0.2) is 5.82 Å². The predicted molar refractivity (Wildman–Crippen MR) is 129 cm³/mol. The topological polar surface area (TPSA) is 134 Å². The molecule has 2 N–H and O–H groups in total. The lowest BCUT2D eigenvalue weighted by atomic mass is 10.0. The molecule has 1 fully saturated rings. The van der Waals surface area contributed by atoms with Crippen molar-refractivity contribution in [3.8, 4) is 11.5 Å². The smallest absolute Gasteiger partial charge is 0.272 e. The molecule has 10 nitrogen and oxygen atoms in total. The second kappa shape index (κ2) is 9.34. The molecule has 2 aromatic carbocycles. The first kappa shape index (κ1) is 22.2. The van der Waals surface area contributed by atoms with Crippen LogP contribution in [0.1, 0.15) is 33.7 Å². The van der Waals surface area contributed by atoms with E-state index in [4.69, 9.17) is 0 Å². The summed E-state index contributed by atoms with van der Waals surface area (Å²) < 4.78 is 0. The highest BCUT2D eigenvalue weighted by Gasteiger charge is 2.26. The van der Waals surface area contributed by atoms with Crippen molar-refractivity contribution in [2.45, 2.75) is 18.9 Å². The molecule has 0 aliphatic carbocycles. The first-order valence-corrected chi connectivity index (χ1v) is 11.2. The standard InChI is InChI=1S/C25H22N6O4/c32-24(16-5-3-6-18(15-16)31(34)35)26-17-11-13-30(14-12-17)25(33)22-10-4-9-21(27-22)23-28-19-7-1-2-8-20(19)29-23/h1-10,15,17H,11-14H2,(H,26,32)(H,28,29). The largest absolute Gasteiger partial charge is 0.349 e. The third-order valence-electron chi connectivity index (χ3n) is 6.04. The van der Waals surface area contributed by atoms with Gasteiger partial charge in [-0.1, -0.05) is 24.3 Å². The molecule has 1 aliphatic heterocycles. The van der Waals surface area contributed by atoms with Gasteiger partial charge in [0.25, 0.3) is 17.5 Å². The van der Waals surface area contributed by atoms with Crippen molar-refractivity contribution in [3.05, 3.63) is 88.1 Å². The van der Waals surface area contributed by atoms with E-state index in [1.807, 2.05) is 30.3 Å². The Morgan fingerprint density at radius 2 is 1.77 bits per heavy atom. The average Bonchev–Trinajstić information content (AvgIpc) is 3.33. The number of aromatic nitrogens is 3. The van der Waals surface area contributed by atoms with Crippen molar-refractivity contribution in [2.24, 2.45) is 0 Å². The van der Waals surface area contributed by atoms with Gasteiger partial charge in [-0.15, -0.1) is 0 Å². The minimum atomic E-state index is -0.530. The molecule has 0 atom stereocenters. The lowest BCUT2D eigenvalue weighted by Gasteiger charge is -2.32. The molecule has 0 spiro atoms. The van der Waals surface area contributed by atoms with Crippen molar-refractivity contribution in [1.82, 2.24) is 25.2 Å². The van der Waals surface area contributed by atoms with Crippen LogP contribution in [-0.2, 0) is 0 Å². The highest BCUT2D eigenvalue weighted by atomic mass is 16.6. The van der Waals surface area contributed by atoms with Crippen molar-refractivity contribution in [1.29, 1.82) is 0 Å². The predicted octanol–water partition coefficient (Wildman–Crippen LogP) is 3.57. The van der Waals surface area contributed by atoms with Crippen LogP contribution in [0, 0.1) is 10.1 Å². The fraction of sp³-hybridized carbons (Fsp3) is 0.200. The SMILES string of the molecule is O=C(NC1CCN(C(=O)c2cccc(-c3nc4ccccc4[nH]3)n2)CC1)c1cccc([N+](=O)[O-])c1. The maximum absolute atomic E-state index is 13.1. The zero-order chi connectivity index (χ0) is 24.4. The number of carbonyl (C=O) groups is 2. The second-order valence-corrected chi connectivity index (χ2v) is 8.36. The minimum absolute atomic E-state index is 0.124. The Labute approximate surface area is 200 Å². The molecule has 1 saturated heterocycles. The number of fused-ring (bicyclic) bond motifs is 1. The van der Waals surface area contributed by atoms with Gasteiger partial charge in [-0.2, -0.15) is 0 Å². The Morgan fingerprint density at radius 3 is 2.54 bits per heavy atom. The van der Waals surface area contributed by atoms with Crippen molar-refractivity contribution in [3.63, 3.8) is 0 Å². The number of non-ortho nitro benzene ring substituents is 1. The summed E-state index contributed by atoms with van der Waals surface area (Å²) in [7, 11) is 0. The Hall–Kier alpha value is -4.60. The maximum atomic E-state index is 13.1. The van der Waals surface area contributed by atoms with Gasteiger partial charge in [0.2, 0.25) is 0 Å².